The zero-order valence-electron chi connectivity index (χ0n) is 13.0. The first kappa shape index (κ1) is 13.8. The second kappa shape index (κ2) is 4.15. The predicted octanol–water partition coefficient (Wildman–Crippen LogP) is 3.37. The Kier molecular flexibility index (Phi) is 2.86. The van der Waals surface area contributed by atoms with E-state index in [9.17, 15) is 4.79 Å². The van der Waals surface area contributed by atoms with Crippen LogP contribution in [0.2, 0.25) is 0 Å². The smallest absolute Gasteiger partial charge is 0.344 e. The summed E-state index contributed by atoms with van der Waals surface area (Å²) in [7, 11) is 0. The molecule has 1 aliphatic carbocycles. The highest BCUT2D eigenvalue weighted by atomic mass is 16.8. The molecule has 4 heteroatoms. The highest BCUT2D eigenvalue weighted by Crippen LogP contribution is 2.51. The van der Waals surface area contributed by atoms with Gasteiger partial charge in [-0.25, -0.2) is 4.79 Å². The van der Waals surface area contributed by atoms with Crippen molar-refractivity contribution in [1.82, 2.24) is 0 Å². The maximum absolute atomic E-state index is 12.4. The molecule has 0 radical (unpaired) electrons. The van der Waals surface area contributed by atoms with E-state index in [1.54, 1.807) is 13.8 Å². The highest BCUT2D eigenvalue weighted by molar-refractivity contribution is 5.90. The Balaban J connectivity index is 2.04. The average Bonchev–Trinajstić information content (AvgIpc) is 2.24. The molecule has 112 valence electrons. The molecule has 4 nitrogen and oxygen atoms in total. The van der Waals surface area contributed by atoms with Crippen molar-refractivity contribution in [3.05, 3.63) is 11.5 Å². The van der Waals surface area contributed by atoms with Crippen LogP contribution in [0.1, 0.15) is 53.9 Å². The lowest BCUT2D eigenvalue weighted by Gasteiger charge is -2.50. The molecule has 3 atom stereocenters. The van der Waals surface area contributed by atoms with Crippen molar-refractivity contribution in [3.8, 4) is 0 Å². The van der Waals surface area contributed by atoms with Crippen molar-refractivity contribution >= 4 is 5.97 Å². The summed E-state index contributed by atoms with van der Waals surface area (Å²) in [4.78, 5) is 12.4. The van der Waals surface area contributed by atoms with Crippen molar-refractivity contribution in [2.24, 2.45) is 17.8 Å². The van der Waals surface area contributed by atoms with Gasteiger partial charge in [0.1, 0.15) is 11.2 Å². The molecule has 0 aromatic rings. The van der Waals surface area contributed by atoms with Gasteiger partial charge in [0.05, 0.1) is 0 Å². The standard InChI is InChI=1S/C16H24O4/c1-9-6-7-11-10(8-9)12-13(17)18-16(4,5)20-14(12)19-15(11,2)3/h9-11H,6-8H2,1-5H3/t9-,10+,11-/m0/s1. The monoisotopic (exact) mass is 280 g/mol. The number of rotatable bonds is 0. The van der Waals surface area contributed by atoms with Gasteiger partial charge in [-0.2, -0.15) is 0 Å². The summed E-state index contributed by atoms with van der Waals surface area (Å²) < 4.78 is 17.2. The van der Waals surface area contributed by atoms with E-state index in [-0.39, 0.29) is 17.5 Å². The number of carbonyl (C=O) groups is 1. The van der Waals surface area contributed by atoms with Crippen molar-refractivity contribution in [2.75, 3.05) is 0 Å². The third-order valence-electron chi connectivity index (χ3n) is 4.85. The summed E-state index contributed by atoms with van der Waals surface area (Å²) in [5, 5.41) is 0. The number of esters is 1. The molecule has 0 spiro atoms. The molecule has 3 aliphatic rings. The topological polar surface area (TPSA) is 44.8 Å². The molecular formula is C16H24O4. The lowest BCUT2D eigenvalue weighted by atomic mass is 9.64. The second-order valence-corrected chi connectivity index (χ2v) is 7.43. The van der Waals surface area contributed by atoms with Crippen LogP contribution in [-0.4, -0.2) is 17.4 Å². The van der Waals surface area contributed by atoms with E-state index in [1.807, 2.05) is 0 Å². The van der Waals surface area contributed by atoms with E-state index in [0.717, 1.165) is 12.8 Å². The number of cyclic esters (lactones) is 1. The minimum absolute atomic E-state index is 0.195. The SMILES string of the molecule is C[C@H]1CC[C@H]2[C@@H](C1)C1=C(OC(C)(C)OC1=O)OC2(C)C. The second-order valence-electron chi connectivity index (χ2n) is 7.43. The average molecular weight is 280 g/mol. The zero-order chi connectivity index (χ0) is 14.7. The quantitative estimate of drug-likeness (QED) is 0.638. The lowest BCUT2D eigenvalue weighted by Crippen LogP contribution is -2.51. The Hall–Kier alpha value is -1.19. The maximum atomic E-state index is 12.4. The van der Waals surface area contributed by atoms with Crippen LogP contribution < -0.4 is 0 Å². The van der Waals surface area contributed by atoms with Gasteiger partial charge < -0.3 is 14.2 Å². The summed E-state index contributed by atoms with van der Waals surface area (Å²) in [6.07, 6.45) is 3.29. The normalized spacial score (nSPS) is 38.0. The van der Waals surface area contributed by atoms with Crippen LogP contribution in [0.25, 0.3) is 0 Å². The Bertz CT molecular complexity index is 475. The highest BCUT2D eigenvalue weighted by Gasteiger charge is 2.53. The molecule has 0 N–H and O–H groups in total. The molecule has 1 saturated carbocycles. The van der Waals surface area contributed by atoms with Crippen molar-refractivity contribution in [3.63, 3.8) is 0 Å². The number of fused-ring (bicyclic) bond motifs is 2. The zero-order valence-corrected chi connectivity index (χ0v) is 13.0. The van der Waals surface area contributed by atoms with Gasteiger partial charge in [-0.05, 0) is 32.6 Å². The van der Waals surface area contributed by atoms with Gasteiger partial charge >= 0.3 is 5.97 Å². The Morgan fingerprint density at radius 2 is 1.75 bits per heavy atom. The van der Waals surface area contributed by atoms with Gasteiger partial charge in [0.25, 0.3) is 11.7 Å². The van der Waals surface area contributed by atoms with Gasteiger partial charge in [0, 0.05) is 25.7 Å². The molecule has 0 aromatic heterocycles. The number of ether oxygens (including phenoxy) is 3. The van der Waals surface area contributed by atoms with Crippen molar-refractivity contribution in [2.45, 2.75) is 65.3 Å². The summed E-state index contributed by atoms with van der Waals surface area (Å²) in [6.45, 7) is 9.92. The summed E-state index contributed by atoms with van der Waals surface area (Å²) >= 11 is 0. The van der Waals surface area contributed by atoms with Gasteiger partial charge in [0.15, 0.2) is 0 Å². The fraction of sp³-hybridized carbons (Fsp3) is 0.812. The molecule has 20 heavy (non-hydrogen) atoms. The van der Waals surface area contributed by atoms with Crippen LogP contribution in [0.15, 0.2) is 11.5 Å². The van der Waals surface area contributed by atoms with Gasteiger partial charge in [0.2, 0.25) is 0 Å². The first-order valence-corrected chi connectivity index (χ1v) is 7.55. The number of hydrogen-bond donors (Lipinski definition) is 0. The molecule has 0 amide bonds. The summed E-state index contributed by atoms with van der Waals surface area (Å²) in [5.41, 5.74) is 0.331. The molecule has 0 aromatic carbocycles. The third kappa shape index (κ3) is 2.09. The Morgan fingerprint density at radius 3 is 2.45 bits per heavy atom. The fourth-order valence-corrected chi connectivity index (χ4v) is 3.89. The van der Waals surface area contributed by atoms with E-state index in [0.29, 0.717) is 23.4 Å². The minimum atomic E-state index is -0.945. The molecule has 2 aliphatic heterocycles. The molecule has 0 bridgehead atoms. The van der Waals surface area contributed by atoms with Crippen molar-refractivity contribution in [1.29, 1.82) is 0 Å². The van der Waals surface area contributed by atoms with Crippen LogP contribution in [-0.2, 0) is 19.0 Å². The maximum Gasteiger partial charge on any atom is 0.344 e. The van der Waals surface area contributed by atoms with Crippen LogP contribution in [0.3, 0.4) is 0 Å². The predicted molar refractivity (Wildman–Crippen MR) is 73.4 cm³/mol. The van der Waals surface area contributed by atoms with E-state index in [2.05, 4.69) is 20.8 Å². The van der Waals surface area contributed by atoms with Gasteiger partial charge in [-0.15, -0.1) is 0 Å². The van der Waals surface area contributed by atoms with E-state index in [1.165, 1.54) is 6.42 Å². The van der Waals surface area contributed by atoms with Gasteiger partial charge in [-0.1, -0.05) is 13.3 Å². The minimum Gasteiger partial charge on any atom is -0.459 e. The molecule has 1 fully saturated rings. The van der Waals surface area contributed by atoms with Crippen LogP contribution in [0, 0.1) is 17.8 Å². The van der Waals surface area contributed by atoms with E-state index >= 15 is 0 Å². The fourth-order valence-electron chi connectivity index (χ4n) is 3.89. The summed E-state index contributed by atoms with van der Waals surface area (Å²) in [5.74, 6) is 0.360. The Morgan fingerprint density at radius 1 is 1.05 bits per heavy atom. The van der Waals surface area contributed by atoms with Gasteiger partial charge in [-0.3, -0.25) is 0 Å². The molecule has 0 unspecified atom stereocenters. The molecule has 3 rings (SSSR count). The Labute approximate surface area is 120 Å². The largest absolute Gasteiger partial charge is 0.459 e. The lowest BCUT2D eigenvalue weighted by molar-refractivity contribution is -0.252. The van der Waals surface area contributed by atoms with E-state index in [4.69, 9.17) is 14.2 Å². The first-order valence-electron chi connectivity index (χ1n) is 7.55. The molecule has 0 saturated heterocycles. The summed E-state index contributed by atoms with van der Waals surface area (Å²) in [6, 6.07) is 0. The first-order chi connectivity index (χ1) is 9.20. The van der Waals surface area contributed by atoms with Crippen LogP contribution in [0.4, 0.5) is 0 Å². The third-order valence-corrected chi connectivity index (χ3v) is 4.85. The number of carbonyl (C=O) groups excluding carboxylic acids is 1. The van der Waals surface area contributed by atoms with E-state index < -0.39 is 5.79 Å². The molecular weight excluding hydrogens is 256 g/mol. The van der Waals surface area contributed by atoms with Crippen molar-refractivity contribution < 1.29 is 19.0 Å². The van der Waals surface area contributed by atoms with Crippen LogP contribution in [0.5, 0.6) is 0 Å². The van der Waals surface area contributed by atoms with Crippen LogP contribution >= 0.6 is 0 Å². The number of hydrogen-bond acceptors (Lipinski definition) is 4. The molecule has 2 heterocycles.